The highest BCUT2D eigenvalue weighted by atomic mass is 16.5. The molecule has 0 aliphatic heterocycles. The molecule has 44 heavy (non-hydrogen) atoms. The molecule has 234 valence electrons. The fourth-order valence-corrected chi connectivity index (χ4v) is 4.96. The molecule has 10 heteroatoms. The number of nitrogens with zero attached hydrogens (tertiary/aromatic N) is 1. The third-order valence-corrected chi connectivity index (χ3v) is 7.29. The number of carbonyl (C=O) groups excluding carboxylic acids is 1. The normalized spacial score (nSPS) is 11.0. The van der Waals surface area contributed by atoms with Gasteiger partial charge >= 0.3 is 0 Å². The Morgan fingerprint density at radius 2 is 1.59 bits per heavy atom. The molecule has 0 spiro atoms. The monoisotopic (exact) mass is 604 g/mol. The molecule has 0 unspecified atom stereocenters. The van der Waals surface area contributed by atoms with Crippen LogP contribution in [0.5, 0.6) is 28.7 Å². The van der Waals surface area contributed by atoms with Gasteiger partial charge in [0.25, 0.3) is 5.91 Å². The number of nitrogens with one attached hydrogen (secondary N) is 1. The summed E-state index contributed by atoms with van der Waals surface area (Å²) in [5, 5.41) is 3.18. The first-order chi connectivity index (χ1) is 21.4. The lowest BCUT2D eigenvalue weighted by Crippen LogP contribution is -2.30. The molecule has 4 rings (SSSR count). The number of rotatable bonds is 16. The van der Waals surface area contributed by atoms with Crippen LogP contribution in [0.2, 0.25) is 0 Å². The first-order valence-corrected chi connectivity index (χ1v) is 14.5. The average Bonchev–Trinajstić information content (AvgIpc) is 3.05. The van der Waals surface area contributed by atoms with E-state index in [9.17, 15) is 9.59 Å². The van der Waals surface area contributed by atoms with E-state index in [2.05, 4.69) is 23.2 Å². The third-order valence-electron chi connectivity index (χ3n) is 7.29. The zero-order chi connectivity index (χ0) is 31.5. The zero-order valence-corrected chi connectivity index (χ0v) is 25.9. The Balaban J connectivity index is 1.26. The van der Waals surface area contributed by atoms with Crippen molar-refractivity contribution in [2.75, 3.05) is 54.7 Å². The molecule has 0 aliphatic rings. The van der Waals surface area contributed by atoms with Gasteiger partial charge in [-0.15, -0.1) is 0 Å². The van der Waals surface area contributed by atoms with Gasteiger partial charge in [0, 0.05) is 36.3 Å². The fourth-order valence-electron chi connectivity index (χ4n) is 4.96. The highest BCUT2D eigenvalue weighted by Gasteiger charge is 2.21. The number of carbonyl (C=O) groups is 1. The maximum absolute atomic E-state index is 13.0. The quantitative estimate of drug-likeness (QED) is 0.171. The van der Waals surface area contributed by atoms with Gasteiger partial charge in [0.15, 0.2) is 23.5 Å². The summed E-state index contributed by atoms with van der Waals surface area (Å²) in [5.41, 5.74) is 1.86. The summed E-state index contributed by atoms with van der Waals surface area (Å²) in [5.74, 6) is 2.55. The van der Waals surface area contributed by atoms with Crippen LogP contribution in [0.15, 0.2) is 69.9 Å². The second-order valence-corrected chi connectivity index (χ2v) is 10.0. The van der Waals surface area contributed by atoms with Crippen molar-refractivity contribution in [2.24, 2.45) is 0 Å². The van der Waals surface area contributed by atoms with Crippen molar-refractivity contribution in [2.45, 2.75) is 26.3 Å². The molecule has 0 bridgehead atoms. The Labute approximate surface area is 257 Å². The van der Waals surface area contributed by atoms with E-state index < -0.39 is 0 Å². The molecule has 0 fully saturated rings. The van der Waals surface area contributed by atoms with Crippen LogP contribution in [0.1, 0.15) is 25.3 Å². The van der Waals surface area contributed by atoms with Gasteiger partial charge in [-0.05, 0) is 56.3 Å². The van der Waals surface area contributed by atoms with Gasteiger partial charge in [-0.3, -0.25) is 14.5 Å². The van der Waals surface area contributed by atoms with Crippen LogP contribution in [-0.2, 0) is 11.3 Å². The van der Waals surface area contributed by atoms with Gasteiger partial charge in [-0.2, -0.15) is 0 Å². The van der Waals surface area contributed by atoms with Gasteiger partial charge in [-0.1, -0.05) is 25.1 Å². The second-order valence-electron chi connectivity index (χ2n) is 10.0. The molecule has 4 aromatic rings. The van der Waals surface area contributed by atoms with Crippen LogP contribution < -0.4 is 34.4 Å². The number of methoxy groups -OCH3 is 4. The molecule has 1 heterocycles. The minimum atomic E-state index is -0.283. The lowest BCUT2D eigenvalue weighted by atomic mass is 10.1. The molecule has 3 aromatic carbocycles. The summed E-state index contributed by atoms with van der Waals surface area (Å²) in [6.07, 6.45) is 1.83. The predicted molar refractivity (Wildman–Crippen MR) is 169 cm³/mol. The minimum Gasteiger partial charge on any atom is -0.496 e. The van der Waals surface area contributed by atoms with Gasteiger partial charge in [0.1, 0.15) is 28.2 Å². The molecule has 1 aromatic heterocycles. The molecule has 0 saturated heterocycles. The SMILES string of the molecule is CCN(CCCCNC(=O)COc1ccc(-c2cc(=O)c3c(OC)c(OC)c(OC)cc3o2)cc1)Cc1ccccc1OC. The van der Waals surface area contributed by atoms with E-state index in [1.54, 1.807) is 37.4 Å². The van der Waals surface area contributed by atoms with E-state index in [1.165, 1.54) is 33.0 Å². The topological polar surface area (TPSA) is 109 Å². The Kier molecular flexibility index (Phi) is 11.5. The largest absolute Gasteiger partial charge is 0.496 e. The van der Waals surface area contributed by atoms with Crippen molar-refractivity contribution in [3.8, 4) is 40.1 Å². The van der Waals surface area contributed by atoms with E-state index in [-0.39, 0.29) is 29.1 Å². The summed E-state index contributed by atoms with van der Waals surface area (Å²) in [4.78, 5) is 27.7. The molecule has 1 N–H and O–H groups in total. The fraction of sp³-hybridized carbons (Fsp3) is 0.353. The number of hydrogen-bond acceptors (Lipinski definition) is 9. The second kappa shape index (κ2) is 15.7. The number of benzene rings is 3. The molecule has 0 saturated carbocycles. The first kappa shape index (κ1) is 32.2. The highest BCUT2D eigenvalue weighted by molar-refractivity contribution is 5.90. The summed E-state index contributed by atoms with van der Waals surface area (Å²) in [7, 11) is 6.12. The lowest BCUT2D eigenvalue weighted by Gasteiger charge is -2.21. The van der Waals surface area contributed by atoms with Crippen molar-refractivity contribution in [3.63, 3.8) is 0 Å². The minimum absolute atomic E-state index is 0.0965. The van der Waals surface area contributed by atoms with E-state index in [1.807, 2.05) is 18.2 Å². The summed E-state index contributed by atoms with van der Waals surface area (Å²) >= 11 is 0. The number of para-hydroxylation sites is 1. The zero-order valence-electron chi connectivity index (χ0n) is 25.9. The molecular formula is C34H40N2O8. The van der Waals surface area contributed by atoms with Gasteiger partial charge in [-0.25, -0.2) is 0 Å². The van der Waals surface area contributed by atoms with Crippen LogP contribution in [-0.4, -0.2) is 65.5 Å². The molecule has 0 aliphatic carbocycles. The average molecular weight is 605 g/mol. The van der Waals surface area contributed by atoms with Crippen molar-refractivity contribution >= 4 is 16.9 Å². The number of hydrogen-bond donors (Lipinski definition) is 1. The van der Waals surface area contributed by atoms with Crippen molar-refractivity contribution < 1.29 is 32.9 Å². The van der Waals surface area contributed by atoms with Gasteiger partial charge < -0.3 is 33.4 Å². The molecule has 0 atom stereocenters. The van der Waals surface area contributed by atoms with Crippen LogP contribution in [0, 0.1) is 0 Å². The van der Waals surface area contributed by atoms with Crippen molar-refractivity contribution in [1.29, 1.82) is 0 Å². The third kappa shape index (κ3) is 7.82. The first-order valence-electron chi connectivity index (χ1n) is 14.5. The highest BCUT2D eigenvalue weighted by Crippen LogP contribution is 2.42. The Hall–Kier alpha value is -4.70. The van der Waals surface area contributed by atoms with Crippen LogP contribution in [0.3, 0.4) is 0 Å². The maximum Gasteiger partial charge on any atom is 0.257 e. The van der Waals surface area contributed by atoms with E-state index in [0.717, 1.165) is 38.2 Å². The smallest absolute Gasteiger partial charge is 0.257 e. The number of amides is 1. The van der Waals surface area contributed by atoms with Crippen LogP contribution in [0.25, 0.3) is 22.3 Å². The summed E-state index contributed by atoms with van der Waals surface area (Å²) < 4.78 is 33.4. The Morgan fingerprint density at radius 3 is 2.27 bits per heavy atom. The van der Waals surface area contributed by atoms with Gasteiger partial charge in [0.2, 0.25) is 5.75 Å². The molecule has 0 radical (unpaired) electrons. The summed E-state index contributed by atoms with van der Waals surface area (Å²) in [6, 6.07) is 18.0. The van der Waals surface area contributed by atoms with Gasteiger partial charge in [0.05, 0.1) is 28.4 Å². The van der Waals surface area contributed by atoms with Crippen molar-refractivity contribution in [3.05, 3.63) is 76.5 Å². The molecule has 1 amide bonds. The Bertz CT molecular complexity index is 1600. The summed E-state index contributed by atoms with van der Waals surface area (Å²) in [6.45, 7) is 5.32. The van der Waals surface area contributed by atoms with Crippen molar-refractivity contribution in [1.82, 2.24) is 10.2 Å². The molecular weight excluding hydrogens is 564 g/mol. The lowest BCUT2D eigenvalue weighted by molar-refractivity contribution is -0.123. The van der Waals surface area contributed by atoms with Crippen LogP contribution >= 0.6 is 0 Å². The van der Waals surface area contributed by atoms with Crippen LogP contribution in [0.4, 0.5) is 0 Å². The Morgan fingerprint density at radius 1 is 0.864 bits per heavy atom. The maximum atomic E-state index is 13.0. The number of fused-ring (bicyclic) bond motifs is 1. The van der Waals surface area contributed by atoms with E-state index in [0.29, 0.717) is 40.7 Å². The standard InChI is InChI=1S/C34H40N2O8/c1-6-36(21-24-11-7-8-12-27(24)39-2)18-10-9-17-35-31(38)22-43-25-15-13-23(14-16-25)28-19-26(37)32-29(44-28)20-30(40-3)33(41-4)34(32)42-5/h7-8,11-16,19-20H,6,9-10,17-18,21-22H2,1-5H3,(H,35,38). The predicted octanol–water partition coefficient (Wildman–Crippen LogP) is 5.29. The van der Waals surface area contributed by atoms with E-state index in [4.69, 9.17) is 28.1 Å². The number of ether oxygens (including phenoxy) is 5. The number of unbranched alkanes of at least 4 members (excludes halogenated alkanes) is 1. The van der Waals surface area contributed by atoms with E-state index >= 15 is 0 Å². The molecule has 10 nitrogen and oxygen atoms in total.